The third-order valence-electron chi connectivity index (χ3n) is 1.70. The molecule has 0 spiro atoms. The molecule has 1 heterocycles. The fourth-order valence-corrected chi connectivity index (χ4v) is 2.08. The number of ether oxygens (including phenoxy) is 1. The number of sulfonamides is 1. The Kier molecular flexibility index (Phi) is 3.99. The summed E-state index contributed by atoms with van der Waals surface area (Å²) in [4.78, 5) is 10.7. The number of rotatable bonds is 6. The number of carbonyl (C=O) groups is 1. The topological polar surface area (TPSA) is 121 Å². The molecule has 9 heteroatoms. The van der Waals surface area contributed by atoms with E-state index in [-0.39, 0.29) is 13.2 Å². The van der Waals surface area contributed by atoms with E-state index in [9.17, 15) is 13.2 Å². The van der Waals surface area contributed by atoms with Crippen molar-refractivity contribution in [2.75, 3.05) is 20.3 Å². The van der Waals surface area contributed by atoms with Gasteiger partial charge in [0.1, 0.15) is 5.56 Å². The zero-order valence-electron chi connectivity index (χ0n) is 8.43. The first kappa shape index (κ1) is 12.6. The van der Waals surface area contributed by atoms with E-state index in [1.165, 1.54) is 7.11 Å². The highest BCUT2D eigenvalue weighted by Gasteiger charge is 2.24. The summed E-state index contributed by atoms with van der Waals surface area (Å²) >= 11 is 0. The molecule has 1 aromatic rings. The Morgan fingerprint density at radius 2 is 2.38 bits per heavy atom. The molecule has 0 bridgehead atoms. The summed E-state index contributed by atoms with van der Waals surface area (Å²) in [7, 11) is -2.47. The molecule has 3 N–H and O–H groups in total. The zero-order valence-corrected chi connectivity index (χ0v) is 9.24. The summed E-state index contributed by atoms with van der Waals surface area (Å²) in [6, 6.07) is 0. The van der Waals surface area contributed by atoms with Gasteiger partial charge in [-0.2, -0.15) is 5.10 Å². The lowest BCUT2D eigenvalue weighted by Crippen LogP contribution is -2.28. The van der Waals surface area contributed by atoms with Crippen molar-refractivity contribution >= 4 is 16.0 Å². The average Bonchev–Trinajstić information content (AvgIpc) is 2.66. The molecule has 0 unspecified atom stereocenters. The van der Waals surface area contributed by atoms with Gasteiger partial charge >= 0.3 is 5.97 Å². The monoisotopic (exact) mass is 249 g/mol. The van der Waals surface area contributed by atoms with Crippen LogP contribution in [0.25, 0.3) is 0 Å². The molecular formula is C7H11N3O5S. The molecule has 0 saturated carbocycles. The molecular weight excluding hydrogens is 238 g/mol. The van der Waals surface area contributed by atoms with Gasteiger partial charge in [-0.05, 0) is 0 Å². The van der Waals surface area contributed by atoms with Crippen LogP contribution in [0.1, 0.15) is 10.4 Å². The van der Waals surface area contributed by atoms with Crippen molar-refractivity contribution in [1.29, 1.82) is 0 Å². The lowest BCUT2D eigenvalue weighted by atomic mass is 10.4. The second-order valence-electron chi connectivity index (χ2n) is 2.81. The molecule has 1 aromatic heterocycles. The smallest absolute Gasteiger partial charge is 0.340 e. The number of aromatic nitrogens is 2. The van der Waals surface area contributed by atoms with Gasteiger partial charge in [-0.15, -0.1) is 0 Å². The molecule has 0 aromatic carbocycles. The standard InChI is InChI=1S/C7H11N3O5S/c1-15-3-2-9-16(13,14)6-5(7(11)12)4-8-10-6/h4,9H,2-3H2,1H3,(H,8,10)(H,11,12). The summed E-state index contributed by atoms with van der Waals surface area (Å²) in [5.41, 5.74) is -0.398. The molecule has 0 radical (unpaired) electrons. The molecule has 0 aliphatic carbocycles. The van der Waals surface area contributed by atoms with Gasteiger partial charge in [0, 0.05) is 13.7 Å². The highest BCUT2D eigenvalue weighted by Crippen LogP contribution is 2.10. The Bertz CT molecular complexity index is 466. The van der Waals surface area contributed by atoms with E-state index < -0.39 is 26.6 Å². The number of hydrogen-bond donors (Lipinski definition) is 3. The first-order valence-corrected chi connectivity index (χ1v) is 5.72. The number of methoxy groups -OCH3 is 1. The maximum atomic E-state index is 11.6. The molecule has 90 valence electrons. The number of H-pyrrole nitrogens is 1. The van der Waals surface area contributed by atoms with Crippen molar-refractivity contribution < 1.29 is 23.1 Å². The van der Waals surface area contributed by atoms with Crippen LogP contribution in [-0.4, -0.2) is 50.0 Å². The van der Waals surface area contributed by atoms with E-state index in [1.807, 2.05) is 0 Å². The molecule has 0 aliphatic heterocycles. The van der Waals surface area contributed by atoms with Crippen LogP contribution in [0.3, 0.4) is 0 Å². The van der Waals surface area contributed by atoms with Crippen LogP contribution in [-0.2, 0) is 14.8 Å². The second-order valence-corrected chi connectivity index (χ2v) is 4.51. The highest BCUT2D eigenvalue weighted by atomic mass is 32.2. The Morgan fingerprint density at radius 1 is 1.69 bits per heavy atom. The summed E-state index contributed by atoms with van der Waals surface area (Å²) in [5, 5.41) is 13.8. The number of aromatic carboxylic acids is 1. The minimum atomic E-state index is -3.89. The number of aromatic amines is 1. The van der Waals surface area contributed by atoms with Crippen LogP contribution in [0.5, 0.6) is 0 Å². The number of nitrogens with one attached hydrogen (secondary N) is 2. The largest absolute Gasteiger partial charge is 0.478 e. The zero-order chi connectivity index (χ0) is 12.2. The maximum absolute atomic E-state index is 11.6. The summed E-state index contributed by atoms with van der Waals surface area (Å²) in [6.45, 7) is 0.243. The average molecular weight is 249 g/mol. The van der Waals surface area contributed by atoms with Gasteiger partial charge in [0.15, 0.2) is 5.03 Å². The predicted octanol–water partition coefficient (Wildman–Crippen LogP) is -0.967. The number of nitrogens with zero attached hydrogens (tertiary/aromatic N) is 1. The molecule has 0 aliphatic rings. The lowest BCUT2D eigenvalue weighted by Gasteiger charge is -2.04. The molecule has 0 saturated heterocycles. The van der Waals surface area contributed by atoms with Gasteiger partial charge in [-0.1, -0.05) is 0 Å². The van der Waals surface area contributed by atoms with Gasteiger partial charge < -0.3 is 9.84 Å². The third-order valence-corrected chi connectivity index (χ3v) is 3.13. The van der Waals surface area contributed by atoms with Crippen LogP contribution in [0, 0.1) is 0 Å². The second kappa shape index (κ2) is 5.05. The van der Waals surface area contributed by atoms with Crippen molar-refractivity contribution in [1.82, 2.24) is 14.9 Å². The van der Waals surface area contributed by atoms with Crippen molar-refractivity contribution in [2.45, 2.75) is 5.03 Å². The predicted molar refractivity (Wildman–Crippen MR) is 52.6 cm³/mol. The number of carboxylic acid groups (broad SMARTS) is 1. The Morgan fingerprint density at radius 3 is 2.94 bits per heavy atom. The quantitative estimate of drug-likeness (QED) is 0.558. The first-order chi connectivity index (χ1) is 7.49. The summed E-state index contributed by atoms with van der Waals surface area (Å²) < 4.78 is 30.0. The van der Waals surface area contributed by atoms with Crippen molar-refractivity contribution in [3.8, 4) is 0 Å². The van der Waals surface area contributed by atoms with Crippen LogP contribution in [0.2, 0.25) is 0 Å². The number of hydrogen-bond acceptors (Lipinski definition) is 5. The van der Waals surface area contributed by atoms with Crippen LogP contribution in [0.4, 0.5) is 0 Å². The lowest BCUT2D eigenvalue weighted by molar-refractivity contribution is 0.0692. The van der Waals surface area contributed by atoms with Crippen LogP contribution in [0.15, 0.2) is 11.2 Å². The molecule has 16 heavy (non-hydrogen) atoms. The molecule has 0 amide bonds. The molecule has 0 atom stereocenters. The fraction of sp³-hybridized carbons (Fsp3) is 0.429. The molecule has 8 nitrogen and oxygen atoms in total. The van der Waals surface area contributed by atoms with E-state index in [4.69, 9.17) is 5.11 Å². The van der Waals surface area contributed by atoms with Crippen molar-refractivity contribution in [3.63, 3.8) is 0 Å². The van der Waals surface area contributed by atoms with Gasteiger partial charge in [0.2, 0.25) is 0 Å². The molecule has 0 fully saturated rings. The SMILES string of the molecule is COCCNS(=O)(=O)c1[nH]ncc1C(=O)O. The van der Waals surface area contributed by atoms with Crippen LogP contribution < -0.4 is 4.72 Å². The minimum absolute atomic E-state index is 0.0525. The normalized spacial score (nSPS) is 11.6. The summed E-state index contributed by atoms with van der Waals surface area (Å²) in [6.07, 6.45) is 0.938. The fourth-order valence-electron chi connectivity index (χ4n) is 0.982. The van der Waals surface area contributed by atoms with Gasteiger partial charge in [-0.3, -0.25) is 5.10 Å². The van der Waals surface area contributed by atoms with Gasteiger partial charge in [0.25, 0.3) is 10.0 Å². The van der Waals surface area contributed by atoms with E-state index in [0.717, 1.165) is 6.20 Å². The van der Waals surface area contributed by atoms with Gasteiger partial charge in [0.05, 0.1) is 12.8 Å². The third kappa shape index (κ3) is 2.78. The Labute approximate surface area is 91.7 Å². The Hall–Kier alpha value is -1.45. The first-order valence-electron chi connectivity index (χ1n) is 4.24. The molecule has 1 rings (SSSR count). The van der Waals surface area contributed by atoms with E-state index in [2.05, 4.69) is 19.7 Å². The maximum Gasteiger partial charge on any atom is 0.340 e. The summed E-state index contributed by atoms with van der Waals surface area (Å²) in [5.74, 6) is -1.36. The Balaban J connectivity index is 2.90. The van der Waals surface area contributed by atoms with Crippen molar-refractivity contribution in [3.05, 3.63) is 11.8 Å². The minimum Gasteiger partial charge on any atom is -0.478 e. The van der Waals surface area contributed by atoms with Gasteiger partial charge in [-0.25, -0.2) is 17.9 Å². The van der Waals surface area contributed by atoms with E-state index in [1.54, 1.807) is 0 Å². The van der Waals surface area contributed by atoms with Crippen LogP contribution >= 0.6 is 0 Å². The number of carboxylic acids is 1. The van der Waals surface area contributed by atoms with E-state index in [0.29, 0.717) is 0 Å². The highest BCUT2D eigenvalue weighted by molar-refractivity contribution is 7.89. The van der Waals surface area contributed by atoms with Crippen molar-refractivity contribution in [2.24, 2.45) is 0 Å². The van der Waals surface area contributed by atoms with E-state index >= 15 is 0 Å².